The maximum atomic E-state index is 12.2. The Morgan fingerprint density at radius 1 is 1.27 bits per heavy atom. The Balaban J connectivity index is 2.32. The number of unbranched alkanes of at least 4 members (excludes halogenated alkanes) is 1. The Hall–Kier alpha value is -1.87. The van der Waals surface area contributed by atoms with E-state index in [4.69, 9.17) is 11.5 Å². The van der Waals surface area contributed by atoms with Crippen molar-refractivity contribution < 1.29 is 9.59 Å². The minimum Gasteiger partial charge on any atom is -0.370 e. The summed E-state index contributed by atoms with van der Waals surface area (Å²) in [5.41, 5.74) is 13.3. The summed E-state index contributed by atoms with van der Waals surface area (Å²) in [5, 5.41) is 4.46. The minimum atomic E-state index is -0.531. The number of aliphatic imine (C=N–C) groups is 1. The summed E-state index contributed by atoms with van der Waals surface area (Å²) < 4.78 is 0. The number of amides is 2. The van der Waals surface area contributed by atoms with Gasteiger partial charge in [-0.15, -0.1) is 0 Å². The molecular formula is C13H27N7O2. The molecule has 1 heterocycles. The number of guanidine groups is 1. The number of likely N-dealkylation sites (N-methyl/N-ethyl adjacent to an activating group) is 1. The highest BCUT2D eigenvalue weighted by Crippen LogP contribution is 2.03. The van der Waals surface area contributed by atoms with E-state index in [2.05, 4.69) is 20.6 Å². The molecule has 1 aliphatic rings. The lowest BCUT2D eigenvalue weighted by molar-refractivity contribution is -0.130. The van der Waals surface area contributed by atoms with Crippen LogP contribution in [-0.4, -0.2) is 74.0 Å². The van der Waals surface area contributed by atoms with Crippen LogP contribution in [0.2, 0.25) is 0 Å². The summed E-state index contributed by atoms with van der Waals surface area (Å²) in [6.45, 7) is 3.90. The lowest BCUT2D eigenvalue weighted by Crippen LogP contribution is -2.56. The molecule has 6 N–H and O–H groups in total. The van der Waals surface area contributed by atoms with E-state index in [0.29, 0.717) is 19.4 Å². The fraction of sp³-hybridized carbons (Fsp3) is 0.769. The van der Waals surface area contributed by atoms with Gasteiger partial charge in [-0.1, -0.05) is 0 Å². The van der Waals surface area contributed by atoms with Crippen LogP contribution in [0.25, 0.3) is 0 Å². The van der Waals surface area contributed by atoms with Crippen molar-refractivity contribution in [3.8, 4) is 0 Å². The van der Waals surface area contributed by atoms with Gasteiger partial charge in [0.2, 0.25) is 6.41 Å². The first-order valence-electron chi connectivity index (χ1n) is 7.52. The normalized spacial score (nSPS) is 17.5. The summed E-state index contributed by atoms with van der Waals surface area (Å²) in [5.74, 6) is -0.117. The molecule has 22 heavy (non-hydrogen) atoms. The SMILES string of the molecule is CN1CCN(NC(=O)C(CCCCN=C(N)N)NC=O)CC1. The molecule has 1 rings (SSSR count). The van der Waals surface area contributed by atoms with E-state index in [-0.39, 0.29) is 11.9 Å². The molecule has 0 aromatic carbocycles. The maximum absolute atomic E-state index is 12.2. The average Bonchev–Trinajstić information content (AvgIpc) is 2.47. The van der Waals surface area contributed by atoms with E-state index in [1.807, 2.05) is 12.1 Å². The smallest absolute Gasteiger partial charge is 0.256 e. The summed E-state index contributed by atoms with van der Waals surface area (Å²) in [7, 11) is 2.05. The molecule has 0 aromatic rings. The molecule has 1 saturated heterocycles. The van der Waals surface area contributed by atoms with Gasteiger partial charge in [0, 0.05) is 32.7 Å². The molecule has 9 heteroatoms. The highest BCUT2D eigenvalue weighted by molar-refractivity contribution is 5.83. The van der Waals surface area contributed by atoms with E-state index in [0.717, 1.165) is 39.0 Å². The Labute approximate surface area is 131 Å². The number of nitrogens with two attached hydrogens (primary N) is 2. The zero-order valence-corrected chi connectivity index (χ0v) is 13.1. The van der Waals surface area contributed by atoms with Crippen LogP contribution >= 0.6 is 0 Å². The topological polar surface area (TPSA) is 129 Å². The molecule has 1 unspecified atom stereocenters. The van der Waals surface area contributed by atoms with Crippen molar-refractivity contribution in [3.63, 3.8) is 0 Å². The van der Waals surface area contributed by atoms with E-state index in [1.54, 1.807) is 0 Å². The van der Waals surface area contributed by atoms with Crippen molar-refractivity contribution >= 4 is 18.3 Å². The molecule has 9 nitrogen and oxygen atoms in total. The molecule has 1 atom stereocenters. The first-order chi connectivity index (χ1) is 10.5. The minimum absolute atomic E-state index is 0.0652. The zero-order chi connectivity index (χ0) is 16.4. The number of hydrogen-bond donors (Lipinski definition) is 4. The highest BCUT2D eigenvalue weighted by atomic mass is 16.2. The van der Waals surface area contributed by atoms with Crippen molar-refractivity contribution in [2.24, 2.45) is 16.5 Å². The number of piperazine rings is 1. The molecule has 0 radical (unpaired) electrons. The van der Waals surface area contributed by atoms with E-state index in [1.165, 1.54) is 0 Å². The summed E-state index contributed by atoms with van der Waals surface area (Å²) in [6.07, 6.45) is 2.62. The van der Waals surface area contributed by atoms with E-state index < -0.39 is 6.04 Å². The number of hydrazine groups is 1. The van der Waals surface area contributed by atoms with Crippen molar-refractivity contribution in [2.45, 2.75) is 25.3 Å². The molecular weight excluding hydrogens is 286 g/mol. The second-order valence-corrected chi connectivity index (χ2v) is 5.41. The fourth-order valence-electron chi connectivity index (χ4n) is 2.19. The standard InChI is InChI=1S/C13H27N7O2/c1-19-6-8-20(9-7-19)18-12(22)11(17-10-21)4-2-3-5-16-13(14)15/h10-11H,2-9H2,1H3,(H,17,21)(H,18,22)(H4,14,15,16). The first kappa shape index (κ1) is 18.2. The number of hydrogen-bond acceptors (Lipinski definition) is 5. The number of carbonyl (C=O) groups is 2. The van der Waals surface area contributed by atoms with Crippen LogP contribution in [-0.2, 0) is 9.59 Å². The third-order valence-corrected chi connectivity index (χ3v) is 3.55. The van der Waals surface area contributed by atoms with Crippen molar-refractivity contribution in [2.75, 3.05) is 39.8 Å². The summed E-state index contributed by atoms with van der Waals surface area (Å²) in [6, 6.07) is -0.531. The molecule has 1 fully saturated rings. The molecule has 0 spiro atoms. The van der Waals surface area contributed by atoms with Gasteiger partial charge in [0.15, 0.2) is 5.96 Å². The van der Waals surface area contributed by atoms with Gasteiger partial charge in [-0.2, -0.15) is 0 Å². The zero-order valence-electron chi connectivity index (χ0n) is 13.1. The van der Waals surface area contributed by atoms with E-state index in [9.17, 15) is 9.59 Å². The monoisotopic (exact) mass is 313 g/mol. The number of nitrogens with one attached hydrogen (secondary N) is 2. The Morgan fingerprint density at radius 3 is 2.55 bits per heavy atom. The quantitative estimate of drug-likeness (QED) is 0.166. The van der Waals surface area contributed by atoms with Gasteiger partial charge in [0.25, 0.3) is 5.91 Å². The molecule has 0 aromatic heterocycles. The summed E-state index contributed by atoms with van der Waals surface area (Å²) >= 11 is 0. The third-order valence-electron chi connectivity index (χ3n) is 3.55. The molecule has 0 bridgehead atoms. The van der Waals surface area contributed by atoms with Crippen LogP contribution in [0.5, 0.6) is 0 Å². The van der Waals surface area contributed by atoms with Gasteiger partial charge in [-0.3, -0.25) is 20.0 Å². The van der Waals surface area contributed by atoms with Gasteiger partial charge in [-0.05, 0) is 26.3 Å². The predicted molar refractivity (Wildman–Crippen MR) is 84.7 cm³/mol. The van der Waals surface area contributed by atoms with Gasteiger partial charge in [-0.25, -0.2) is 5.01 Å². The lowest BCUT2D eigenvalue weighted by atomic mass is 10.1. The molecule has 0 saturated carbocycles. The number of rotatable bonds is 9. The largest absolute Gasteiger partial charge is 0.370 e. The van der Waals surface area contributed by atoms with Gasteiger partial charge in [0.05, 0.1) is 0 Å². The van der Waals surface area contributed by atoms with Crippen LogP contribution in [0.1, 0.15) is 19.3 Å². The van der Waals surface area contributed by atoms with Crippen LogP contribution in [0.15, 0.2) is 4.99 Å². The van der Waals surface area contributed by atoms with Gasteiger partial charge in [0.1, 0.15) is 6.04 Å². The Kier molecular flexibility index (Phi) is 8.23. The predicted octanol–water partition coefficient (Wildman–Crippen LogP) is -2.18. The van der Waals surface area contributed by atoms with Crippen LogP contribution < -0.4 is 22.2 Å². The van der Waals surface area contributed by atoms with E-state index >= 15 is 0 Å². The first-order valence-corrected chi connectivity index (χ1v) is 7.52. The van der Waals surface area contributed by atoms with Crippen molar-refractivity contribution in [1.82, 2.24) is 20.7 Å². The highest BCUT2D eigenvalue weighted by Gasteiger charge is 2.21. The average molecular weight is 313 g/mol. The van der Waals surface area contributed by atoms with Crippen LogP contribution in [0.3, 0.4) is 0 Å². The Morgan fingerprint density at radius 2 is 1.95 bits per heavy atom. The lowest BCUT2D eigenvalue weighted by Gasteiger charge is -2.33. The van der Waals surface area contributed by atoms with Crippen LogP contribution in [0, 0.1) is 0 Å². The molecule has 126 valence electrons. The summed E-state index contributed by atoms with van der Waals surface area (Å²) in [4.78, 5) is 29.0. The molecule has 0 aliphatic carbocycles. The number of nitrogens with zero attached hydrogens (tertiary/aromatic N) is 3. The third kappa shape index (κ3) is 7.23. The maximum Gasteiger partial charge on any atom is 0.256 e. The molecule has 1 aliphatic heterocycles. The number of carbonyl (C=O) groups excluding carboxylic acids is 2. The van der Waals surface area contributed by atoms with Gasteiger partial charge < -0.3 is 21.7 Å². The van der Waals surface area contributed by atoms with Gasteiger partial charge >= 0.3 is 0 Å². The Bertz CT molecular complexity index is 377. The fourth-order valence-corrected chi connectivity index (χ4v) is 2.19. The molecule has 2 amide bonds. The second-order valence-electron chi connectivity index (χ2n) is 5.41. The van der Waals surface area contributed by atoms with Crippen LogP contribution in [0.4, 0.5) is 0 Å². The van der Waals surface area contributed by atoms with Crippen molar-refractivity contribution in [3.05, 3.63) is 0 Å². The van der Waals surface area contributed by atoms with Crippen molar-refractivity contribution in [1.29, 1.82) is 0 Å². The second kappa shape index (κ2) is 9.96.